The van der Waals surface area contributed by atoms with Gasteiger partial charge < -0.3 is 14.7 Å². The highest BCUT2D eigenvalue weighted by atomic mass is 32.2. The maximum Gasteiger partial charge on any atom is 0.249 e. The summed E-state index contributed by atoms with van der Waals surface area (Å²) in [6.07, 6.45) is 4.62. The van der Waals surface area contributed by atoms with Gasteiger partial charge in [-0.3, -0.25) is 14.6 Å². The van der Waals surface area contributed by atoms with Crippen LogP contribution in [0, 0.1) is 5.92 Å². The summed E-state index contributed by atoms with van der Waals surface area (Å²) < 4.78 is 5.44. The van der Waals surface area contributed by atoms with Gasteiger partial charge in [-0.05, 0) is 31.4 Å². The van der Waals surface area contributed by atoms with Crippen molar-refractivity contribution in [3.05, 3.63) is 30.4 Å². The van der Waals surface area contributed by atoms with E-state index < -0.39 is 12.1 Å². The number of thioether (sulfide) groups is 1. The molecule has 3 unspecified atom stereocenters. The normalized spacial score (nSPS) is 25.2. The first-order valence-corrected chi connectivity index (χ1v) is 10.4. The molecule has 0 aliphatic carbocycles. The minimum atomic E-state index is -0.466. The predicted octanol–water partition coefficient (Wildman–Crippen LogP) is 2.40. The second kappa shape index (κ2) is 7.20. The van der Waals surface area contributed by atoms with Crippen LogP contribution in [0.5, 0.6) is 0 Å². The van der Waals surface area contributed by atoms with E-state index in [0.29, 0.717) is 23.9 Å². The SMILES string of the molecule is CC(C)C(NC(=O)C1CSC2(C)CCC(=O)N12)c1nc(-c2cccnc2)no1. The molecule has 9 heteroatoms. The second-order valence-electron chi connectivity index (χ2n) is 7.69. The Morgan fingerprint density at radius 1 is 1.46 bits per heavy atom. The van der Waals surface area contributed by atoms with Crippen molar-refractivity contribution >= 4 is 23.6 Å². The zero-order chi connectivity index (χ0) is 19.9. The molecule has 0 bridgehead atoms. The molecule has 8 nitrogen and oxygen atoms in total. The van der Waals surface area contributed by atoms with Crippen molar-refractivity contribution in [3.8, 4) is 11.4 Å². The van der Waals surface area contributed by atoms with Crippen molar-refractivity contribution in [1.82, 2.24) is 25.3 Å². The zero-order valence-electron chi connectivity index (χ0n) is 16.1. The lowest BCUT2D eigenvalue weighted by atomic mass is 10.0. The third kappa shape index (κ3) is 3.28. The fraction of sp³-hybridized carbons (Fsp3) is 0.526. The summed E-state index contributed by atoms with van der Waals surface area (Å²) in [5.74, 6) is 1.30. The summed E-state index contributed by atoms with van der Waals surface area (Å²) >= 11 is 1.67. The van der Waals surface area contributed by atoms with Crippen LogP contribution in [0.2, 0.25) is 0 Å². The molecular formula is C19H23N5O3S. The molecule has 1 N–H and O–H groups in total. The fourth-order valence-electron chi connectivity index (χ4n) is 3.75. The summed E-state index contributed by atoms with van der Waals surface area (Å²) in [7, 11) is 0. The Morgan fingerprint density at radius 2 is 2.29 bits per heavy atom. The molecule has 28 heavy (non-hydrogen) atoms. The Bertz CT molecular complexity index is 887. The zero-order valence-corrected chi connectivity index (χ0v) is 16.9. The summed E-state index contributed by atoms with van der Waals surface area (Å²) in [5.41, 5.74) is 0.747. The number of nitrogens with one attached hydrogen (secondary N) is 1. The van der Waals surface area contributed by atoms with Crippen LogP contribution in [-0.4, -0.2) is 48.5 Å². The molecule has 2 aliphatic heterocycles. The number of nitrogens with zero attached hydrogens (tertiary/aromatic N) is 4. The predicted molar refractivity (Wildman–Crippen MR) is 104 cm³/mol. The summed E-state index contributed by atoms with van der Waals surface area (Å²) in [4.78, 5) is 35.3. The van der Waals surface area contributed by atoms with Crippen LogP contribution < -0.4 is 5.32 Å². The second-order valence-corrected chi connectivity index (χ2v) is 9.20. The van der Waals surface area contributed by atoms with Gasteiger partial charge in [0.25, 0.3) is 0 Å². The van der Waals surface area contributed by atoms with Gasteiger partial charge in [-0.2, -0.15) is 4.98 Å². The first-order chi connectivity index (χ1) is 13.4. The lowest BCUT2D eigenvalue weighted by molar-refractivity contribution is -0.138. The molecule has 2 fully saturated rings. The summed E-state index contributed by atoms with van der Waals surface area (Å²) in [6, 6.07) is 2.75. The first kappa shape index (κ1) is 18.9. The van der Waals surface area contributed by atoms with E-state index in [1.807, 2.05) is 26.8 Å². The topological polar surface area (TPSA) is 101 Å². The van der Waals surface area contributed by atoms with Gasteiger partial charge in [0.2, 0.25) is 23.5 Å². The highest BCUT2D eigenvalue weighted by Crippen LogP contribution is 2.47. The van der Waals surface area contributed by atoms with Crippen LogP contribution in [-0.2, 0) is 9.59 Å². The molecule has 148 valence electrons. The van der Waals surface area contributed by atoms with Crippen molar-refractivity contribution in [1.29, 1.82) is 0 Å². The maximum absolute atomic E-state index is 13.0. The number of rotatable bonds is 5. The van der Waals surface area contributed by atoms with Gasteiger partial charge in [-0.15, -0.1) is 11.8 Å². The third-order valence-electron chi connectivity index (χ3n) is 5.34. The minimum Gasteiger partial charge on any atom is -0.342 e. The van der Waals surface area contributed by atoms with Gasteiger partial charge in [-0.1, -0.05) is 19.0 Å². The molecule has 0 radical (unpaired) electrons. The Labute approximate surface area is 167 Å². The van der Waals surface area contributed by atoms with E-state index in [2.05, 4.69) is 20.4 Å². The Hall–Kier alpha value is -2.42. The van der Waals surface area contributed by atoms with Crippen molar-refractivity contribution in [2.45, 2.75) is 50.6 Å². The average molecular weight is 401 g/mol. The first-order valence-electron chi connectivity index (χ1n) is 9.39. The van der Waals surface area contributed by atoms with Gasteiger partial charge in [0.15, 0.2) is 0 Å². The number of carbonyl (C=O) groups excluding carboxylic acids is 2. The maximum atomic E-state index is 13.0. The van der Waals surface area contributed by atoms with E-state index in [-0.39, 0.29) is 22.6 Å². The van der Waals surface area contributed by atoms with Crippen LogP contribution >= 0.6 is 11.8 Å². The molecule has 0 aromatic carbocycles. The summed E-state index contributed by atoms with van der Waals surface area (Å²) in [6.45, 7) is 5.99. The highest BCUT2D eigenvalue weighted by Gasteiger charge is 2.53. The lowest BCUT2D eigenvalue weighted by Gasteiger charge is -2.30. The van der Waals surface area contributed by atoms with E-state index in [1.54, 1.807) is 35.1 Å². The van der Waals surface area contributed by atoms with Gasteiger partial charge >= 0.3 is 0 Å². The van der Waals surface area contributed by atoms with E-state index in [4.69, 9.17) is 4.52 Å². The van der Waals surface area contributed by atoms with Crippen molar-refractivity contribution in [2.24, 2.45) is 5.92 Å². The smallest absolute Gasteiger partial charge is 0.249 e. The number of hydrogen-bond donors (Lipinski definition) is 1. The molecule has 0 spiro atoms. The molecule has 2 aromatic rings. The Kier molecular flexibility index (Phi) is 4.86. The molecule has 0 saturated carbocycles. The third-order valence-corrected chi connectivity index (χ3v) is 6.84. The average Bonchev–Trinajstić information content (AvgIpc) is 3.36. The fourth-order valence-corrected chi connectivity index (χ4v) is 5.18. The molecule has 3 atom stereocenters. The number of hydrogen-bond acceptors (Lipinski definition) is 7. The molecule has 4 heterocycles. The Morgan fingerprint density at radius 3 is 3.00 bits per heavy atom. The van der Waals surface area contributed by atoms with Gasteiger partial charge in [-0.25, -0.2) is 0 Å². The van der Waals surface area contributed by atoms with E-state index in [1.165, 1.54) is 0 Å². The Balaban J connectivity index is 1.53. The van der Waals surface area contributed by atoms with Gasteiger partial charge in [0.05, 0.1) is 4.87 Å². The van der Waals surface area contributed by atoms with Crippen LogP contribution in [0.4, 0.5) is 0 Å². The number of fused-ring (bicyclic) bond motifs is 1. The van der Waals surface area contributed by atoms with Crippen LogP contribution in [0.15, 0.2) is 29.0 Å². The number of pyridine rings is 1. The monoisotopic (exact) mass is 401 g/mol. The van der Waals surface area contributed by atoms with Crippen LogP contribution in [0.3, 0.4) is 0 Å². The standard InChI is InChI=1S/C19H23N5O3S/c1-11(2)15(18-22-16(23-27-18)12-5-4-8-20-9-12)21-17(26)13-10-28-19(3)7-6-14(25)24(13)19/h4-5,8-9,11,13,15H,6-7,10H2,1-3H3,(H,21,26). The number of aromatic nitrogens is 3. The van der Waals surface area contributed by atoms with Crippen LogP contribution in [0.25, 0.3) is 11.4 Å². The molecule has 2 amide bonds. The van der Waals surface area contributed by atoms with Crippen molar-refractivity contribution in [2.75, 3.05) is 5.75 Å². The summed E-state index contributed by atoms with van der Waals surface area (Å²) in [5, 5.41) is 7.06. The number of amides is 2. The molecule has 2 saturated heterocycles. The van der Waals surface area contributed by atoms with Gasteiger partial charge in [0, 0.05) is 30.1 Å². The molecule has 4 rings (SSSR count). The van der Waals surface area contributed by atoms with E-state index in [0.717, 1.165) is 12.0 Å². The van der Waals surface area contributed by atoms with Crippen molar-refractivity contribution in [3.63, 3.8) is 0 Å². The van der Waals surface area contributed by atoms with Crippen molar-refractivity contribution < 1.29 is 14.1 Å². The molecular weight excluding hydrogens is 378 g/mol. The van der Waals surface area contributed by atoms with Crippen LogP contribution in [0.1, 0.15) is 45.5 Å². The minimum absolute atomic E-state index is 0.0425. The van der Waals surface area contributed by atoms with Gasteiger partial charge in [0.1, 0.15) is 12.1 Å². The largest absolute Gasteiger partial charge is 0.342 e. The number of carbonyl (C=O) groups is 2. The lowest BCUT2D eigenvalue weighted by Crippen LogP contribution is -2.51. The van der Waals surface area contributed by atoms with E-state index in [9.17, 15) is 9.59 Å². The van der Waals surface area contributed by atoms with E-state index >= 15 is 0 Å². The molecule has 2 aliphatic rings. The molecule has 2 aromatic heterocycles. The highest BCUT2D eigenvalue weighted by molar-refractivity contribution is 8.01. The quantitative estimate of drug-likeness (QED) is 0.821.